The highest BCUT2D eigenvalue weighted by atomic mass is 35.5. The SMILES string of the molecule is [B]C(C)(C)Oc1cc(C2([B])CCNCC2)c(C)cc1Nc1ncc(Cl)c(Nc2ccccc2S(=O)(=O)C([B])(C)C)n1. The predicted octanol–water partition coefficient (Wildman–Crippen LogP) is 4.63. The van der Waals surface area contributed by atoms with E-state index in [1.807, 2.05) is 19.1 Å². The number of anilines is 4. The third kappa shape index (κ3) is 7.04. The minimum Gasteiger partial charge on any atom is -0.496 e. The maximum absolute atomic E-state index is 13.1. The summed E-state index contributed by atoms with van der Waals surface area (Å²) < 4.78 is 30.9. The van der Waals surface area contributed by atoms with E-state index in [1.54, 1.807) is 32.0 Å². The lowest BCUT2D eigenvalue weighted by Crippen LogP contribution is -2.40. The van der Waals surface area contributed by atoms with E-state index in [9.17, 15) is 8.42 Å². The van der Waals surface area contributed by atoms with Gasteiger partial charge in [-0.3, -0.25) is 0 Å². The fraction of sp³-hybridized carbons (Fsp3) is 0.429. The van der Waals surface area contributed by atoms with Gasteiger partial charge in [0.05, 0.1) is 43.7 Å². The molecule has 3 N–H and O–H groups in total. The third-order valence-corrected chi connectivity index (χ3v) is 9.44. The smallest absolute Gasteiger partial charge is 0.229 e. The Labute approximate surface area is 252 Å². The van der Waals surface area contributed by atoms with Crippen molar-refractivity contribution in [2.24, 2.45) is 0 Å². The minimum atomic E-state index is -3.87. The zero-order chi connectivity index (χ0) is 30.2. The van der Waals surface area contributed by atoms with Crippen LogP contribution in [-0.4, -0.2) is 65.2 Å². The van der Waals surface area contributed by atoms with Gasteiger partial charge in [-0.2, -0.15) is 4.98 Å². The fourth-order valence-electron chi connectivity index (χ4n) is 4.68. The number of nitrogens with zero attached hydrogens (tertiary/aromatic N) is 2. The van der Waals surface area contributed by atoms with Crippen LogP contribution in [0.25, 0.3) is 0 Å². The first-order valence-electron chi connectivity index (χ1n) is 13.3. The number of ether oxygens (including phenoxy) is 1. The van der Waals surface area contributed by atoms with Crippen molar-refractivity contribution >= 4 is 68.1 Å². The van der Waals surface area contributed by atoms with Crippen molar-refractivity contribution in [3.63, 3.8) is 0 Å². The van der Waals surface area contributed by atoms with Crippen LogP contribution in [0.4, 0.5) is 23.1 Å². The summed E-state index contributed by atoms with van der Waals surface area (Å²) in [5, 5.41) is 9.29. The summed E-state index contributed by atoms with van der Waals surface area (Å²) in [4.78, 5) is 8.88. The Hall–Kier alpha value is -2.69. The minimum absolute atomic E-state index is 0.0254. The first-order valence-corrected chi connectivity index (χ1v) is 15.2. The Bertz CT molecular complexity index is 1540. The molecule has 0 aliphatic carbocycles. The molecule has 8 nitrogen and oxygen atoms in total. The maximum Gasteiger partial charge on any atom is 0.229 e. The molecule has 41 heavy (non-hydrogen) atoms. The number of benzene rings is 2. The van der Waals surface area contributed by atoms with Crippen LogP contribution in [0.1, 0.15) is 51.7 Å². The molecule has 2 heterocycles. The number of aromatic nitrogens is 2. The molecular formula is C28H33B3ClN5O3S. The molecule has 1 aliphatic rings. The van der Waals surface area contributed by atoms with Crippen molar-refractivity contribution in [1.29, 1.82) is 0 Å². The summed E-state index contributed by atoms with van der Waals surface area (Å²) in [6.45, 7) is 10.0. The number of nitrogens with one attached hydrogen (secondary N) is 3. The second-order valence-electron chi connectivity index (χ2n) is 11.5. The molecule has 1 fully saturated rings. The van der Waals surface area contributed by atoms with Crippen molar-refractivity contribution in [2.75, 3.05) is 23.7 Å². The largest absolute Gasteiger partial charge is 0.496 e. The summed E-state index contributed by atoms with van der Waals surface area (Å²) in [5.41, 5.74) is 1.86. The van der Waals surface area contributed by atoms with Gasteiger partial charge in [0.1, 0.15) is 18.6 Å². The molecule has 210 valence electrons. The lowest BCUT2D eigenvalue weighted by Gasteiger charge is -2.37. The second-order valence-corrected chi connectivity index (χ2v) is 14.4. The van der Waals surface area contributed by atoms with Crippen LogP contribution in [0, 0.1) is 6.92 Å². The van der Waals surface area contributed by atoms with Crippen molar-refractivity contribution in [1.82, 2.24) is 15.3 Å². The number of sulfone groups is 1. The van der Waals surface area contributed by atoms with E-state index < -0.39 is 25.3 Å². The van der Waals surface area contributed by atoms with Gasteiger partial charge in [-0.1, -0.05) is 37.6 Å². The zero-order valence-electron chi connectivity index (χ0n) is 24.0. The predicted molar refractivity (Wildman–Crippen MR) is 168 cm³/mol. The summed E-state index contributed by atoms with van der Waals surface area (Å²) in [6, 6.07) is 10.3. The zero-order valence-corrected chi connectivity index (χ0v) is 25.6. The number of para-hydroxylation sites is 1. The molecule has 1 aromatic heterocycles. The molecule has 2 aromatic carbocycles. The van der Waals surface area contributed by atoms with Gasteiger partial charge < -0.3 is 20.7 Å². The van der Waals surface area contributed by atoms with E-state index in [4.69, 9.17) is 39.9 Å². The number of piperidine rings is 1. The number of aryl methyl sites for hydroxylation is 1. The average Bonchev–Trinajstić information content (AvgIpc) is 2.86. The molecule has 0 bridgehead atoms. The summed E-state index contributed by atoms with van der Waals surface area (Å²) >= 11 is 6.42. The van der Waals surface area contributed by atoms with E-state index in [0.717, 1.165) is 37.1 Å². The Kier molecular flexibility index (Phi) is 8.79. The van der Waals surface area contributed by atoms with E-state index in [1.165, 1.54) is 26.1 Å². The van der Waals surface area contributed by atoms with Crippen LogP contribution in [0.3, 0.4) is 0 Å². The van der Waals surface area contributed by atoms with Crippen LogP contribution >= 0.6 is 11.6 Å². The molecular weight excluding hydrogens is 554 g/mol. The molecule has 1 aliphatic heterocycles. The number of hydrogen-bond donors (Lipinski definition) is 3. The molecule has 13 heteroatoms. The Balaban J connectivity index is 1.71. The van der Waals surface area contributed by atoms with Gasteiger partial charge in [-0.15, -0.1) is 0 Å². The summed E-state index contributed by atoms with van der Waals surface area (Å²) in [6.07, 6.45) is 3.00. The van der Waals surface area contributed by atoms with Crippen molar-refractivity contribution in [3.05, 3.63) is 58.7 Å². The van der Waals surface area contributed by atoms with Crippen molar-refractivity contribution < 1.29 is 13.2 Å². The van der Waals surface area contributed by atoms with Crippen LogP contribution in [-0.2, 0) is 15.2 Å². The van der Waals surface area contributed by atoms with Crippen LogP contribution in [0.5, 0.6) is 5.75 Å². The lowest BCUT2D eigenvalue weighted by atomic mass is 9.58. The topological polar surface area (TPSA) is 105 Å². The highest BCUT2D eigenvalue weighted by molar-refractivity contribution is 7.94. The summed E-state index contributed by atoms with van der Waals surface area (Å²) in [5.74, 6) is 0.899. The standard InChI is InChI=1S/C28H33B3ClN5O3S/c1-17-14-21(22(40-26(2,3)29)15-18(17)28(31)10-12-33-13-11-28)36-25-34-16-19(32)24(37-25)35-20-8-6-7-9-23(20)41(38,39)27(4,5)30/h6-9,14-16,33H,10-13H2,1-5H3,(H2,34,35,36,37). The first kappa shape index (κ1) is 31.3. The van der Waals surface area contributed by atoms with E-state index in [2.05, 4.69) is 25.9 Å². The van der Waals surface area contributed by atoms with Crippen LogP contribution < -0.4 is 20.7 Å². The van der Waals surface area contributed by atoms with Crippen molar-refractivity contribution in [2.45, 2.75) is 67.8 Å². The number of hydrogen-bond acceptors (Lipinski definition) is 8. The quantitative estimate of drug-likeness (QED) is 0.311. The molecule has 4 rings (SSSR count). The van der Waals surface area contributed by atoms with E-state index in [-0.39, 0.29) is 27.4 Å². The van der Waals surface area contributed by atoms with Gasteiger partial charge in [0.25, 0.3) is 0 Å². The third-order valence-electron chi connectivity index (χ3n) is 6.84. The molecule has 0 atom stereocenters. The van der Waals surface area contributed by atoms with E-state index in [0.29, 0.717) is 11.4 Å². The summed E-state index contributed by atoms with van der Waals surface area (Å²) in [7, 11) is 15.2. The molecule has 0 spiro atoms. The van der Waals surface area contributed by atoms with E-state index >= 15 is 0 Å². The second kappa shape index (κ2) is 11.5. The van der Waals surface area contributed by atoms with Crippen molar-refractivity contribution in [3.8, 4) is 5.75 Å². The molecule has 6 radical (unpaired) electrons. The molecule has 1 saturated heterocycles. The Morgan fingerprint density at radius 1 is 1.05 bits per heavy atom. The molecule has 0 saturated carbocycles. The van der Waals surface area contributed by atoms with Gasteiger partial charge in [-0.05, 0) is 87.4 Å². The molecule has 0 amide bonds. The highest BCUT2D eigenvalue weighted by Crippen LogP contribution is 2.40. The van der Waals surface area contributed by atoms with Gasteiger partial charge in [-0.25, -0.2) is 13.4 Å². The van der Waals surface area contributed by atoms with Gasteiger partial charge in [0.15, 0.2) is 15.7 Å². The average molecular weight is 588 g/mol. The van der Waals surface area contributed by atoms with Crippen LogP contribution in [0.15, 0.2) is 47.5 Å². The highest BCUT2D eigenvalue weighted by Gasteiger charge is 2.33. The van der Waals surface area contributed by atoms with Gasteiger partial charge >= 0.3 is 0 Å². The monoisotopic (exact) mass is 587 g/mol. The lowest BCUT2D eigenvalue weighted by molar-refractivity contribution is 0.199. The fourth-order valence-corrected chi connectivity index (χ4v) is 6.05. The Morgan fingerprint density at radius 2 is 1.71 bits per heavy atom. The number of rotatable bonds is 9. The number of halogens is 1. The molecule has 3 aromatic rings. The van der Waals surface area contributed by atoms with Gasteiger partial charge in [0, 0.05) is 4.65 Å². The molecule has 0 unspecified atom stereocenters. The van der Waals surface area contributed by atoms with Crippen LogP contribution in [0.2, 0.25) is 5.02 Å². The first-order chi connectivity index (χ1) is 19.0. The maximum atomic E-state index is 13.1. The van der Waals surface area contributed by atoms with Gasteiger partial charge in [0.2, 0.25) is 5.95 Å². The Morgan fingerprint density at radius 3 is 2.34 bits per heavy atom. The normalized spacial score (nSPS) is 15.8.